The van der Waals surface area contributed by atoms with Gasteiger partial charge in [0.1, 0.15) is 0 Å². The molecule has 0 bridgehead atoms. The van der Waals surface area contributed by atoms with E-state index in [9.17, 15) is 0 Å². The third kappa shape index (κ3) is 6.06. The number of fused-ring (bicyclic) bond motifs is 6. The monoisotopic (exact) mass is 712 g/mol. The topological polar surface area (TPSA) is 0 Å². The van der Waals surface area contributed by atoms with E-state index in [2.05, 4.69) is 220 Å². The van der Waals surface area contributed by atoms with Gasteiger partial charge in [0, 0.05) is 0 Å². The molecule has 0 aliphatic heterocycles. The summed E-state index contributed by atoms with van der Waals surface area (Å²) in [5, 5.41) is 7.84. The molecule has 10 rings (SSSR count). The third-order valence-corrected chi connectivity index (χ3v) is 11.5. The van der Waals surface area contributed by atoms with Crippen LogP contribution in [0.1, 0.15) is 11.1 Å². The molecule has 0 radical (unpaired) electrons. The summed E-state index contributed by atoms with van der Waals surface area (Å²) in [4.78, 5) is 0. The van der Waals surface area contributed by atoms with Crippen LogP contribution in [0.25, 0.3) is 99.1 Å². The molecule has 0 heteroatoms. The molecule has 0 fully saturated rings. The minimum Gasteiger partial charge on any atom is -0.0622 e. The van der Waals surface area contributed by atoms with Crippen molar-refractivity contribution in [1.82, 2.24) is 0 Å². The van der Waals surface area contributed by atoms with Gasteiger partial charge in [-0.15, -0.1) is 0 Å². The lowest BCUT2D eigenvalue weighted by molar-refractivity contribution is 1.39. The minimum absolute atomic E-state index is 1.21. The molecule has 0 saturated carbocycles. The summed E-state index contributed by atoms with van der Waals surface area (Å²) in [6.07, 6.45) is 0. The molecule has 0 nitrogen and oxygen atoms in total. The van der Waals surface area contributed by atoms with Crippen LogP contribution in [-0.4, -0.2) is 0 Å². The predicted octanol–water partition coefficient (Wildman–Crippen LogP) is 15.8. The van der Waals surface area contributed by atoms with Crippen LogP contribution in [0.4, 0.5) is 0 Å². The highest BCUT2D eigenvalue weighted by Gasteiger charge is 2.14. The molecule has 10 aromatic carbocycles. The maximum absolute atomic E-state index is 2.40. The highest BCUT2D eigenvalue weighted by molar-refractivity contribution is 6.25. The van der Waals surface area contributed by atoms with Crippen molar-refractivity contribution < 1.29 is 0 Å². The average molecular weight is 713 g/mol. The summed E-state index contributed by atoms with van der Waals surface area (Å²) < 4.78 is 0. The van der Waals surface area contributed by atoms with Gasteiger partial charge in [0.05, 0.1) is 0 Å². The van der Waals surface area contributed by atoms with Gasteiger partial charge in [0.2, 0.25) is 0 Å². The van der Waals surface area contributed by atoms with Crippen LogP contribution in [0.2, 0.25) is 0 Å². The second-order valence-electron chi connectivity index (χ2n) is 15.0. The lowest BCUT2D eigenvalue weighted by atomic mass is 9.88. The highest BCUT2D eigenvalue weighted by atomic mass is 14.2. The molecule has 0 aliphatic rings. The summed E-state index contributed by atoms with van der Waals surface area (Å²) >= 11 is 0. The summed E-state index contributed by atoms with van der Waals surface area (Å²) in [6.45, 7) is 4.49. The Morgan fingerprint density at radius 2 is 0.500 bits per heavy atom. The number of benzene rings is 10. The Labute approximate surface area is 329 Å². The lowest BCUT2D eigenvalue weighted by Crippen LogP contribution is -1.91. The highest BCUT2D eigenvalue weighted by Crippen LogP contribution is 2.40. The molecule has 0 unspecified atom stereocenters. The molecule has 0 amide bonds. The molecule has 56 heavy (non-hydrogen) atoms. The van der Waals surface area contributed by atoms with Crippen molar-refractivity contribution >= 4 is 32.3 Å². The molecule has 0 atom stereocenters. The fourth-order valence-corrected chi connectivity index (χ4v) is 8.60. The Kier molecular flexibility index (Phi) is 8.38. The van der Waals surface area contributed by atoms with E-state index < -0.39 is 0 Å². The zero-order valence-corrected chi connectivity index (χ0v) is 31.6. The first-order valence-corrected chi connectivity index (χ1v) is 19.5. The summed E-state index contributed by atoms with van der Waals surface area (Å²) in [6, 6.07) is 75.7. The minimum atomic E-state index is 1.21. The smallest absolute Gasteiger partial charge is 0.00928 e. The second kappa shape index (κ2) is 14.0. The van der Waals surface area contributed by atoms with Gasteiger partial charge in [-0.3, -0.25) is 0 Å². The standard InChI is InChI=1S/C56H40/c1-37-32-55(45-29-30-53-51-19-10-9-17-49(51)50-18-11-12-20-52(50)56(53)36-45)38(2)31-54(37)44-27-25-42(26-28-44)41-21-23-43(24-22-41)48-34-46(39-13-5-3-6-14-39)33-47(35-48)40-15-7-4-8-16-40/h3-36H,1-2H3. The number of hydrogen-bond donors (Lipinski definition) is 0. The van der Waals surface area contributed by atoms with Gasteiger partial charge in [-0.25, -0.2) is 0 Å². The zero-order valence-electron chi connectivity index (χ0n) is 31.6. The van der Waals surface area contributed by atoms with E-state index in [0.29, 0.717) is 0 Å². The number of hydrogen-bond acceptors (Lipinski definition) is 0. The van der Waals surface area contributed by atoms with Crippen molar-refractivity contribution in [2.45, 2.75) is 13.8 Å². The fourth-order valence-electron chi connectivity index (χ4n) is 8.60. The van der Waals surface area contributed by atoms with Gasteiger partial charge in [-0.2, -0.15) is 0 Å². The van der Waals surface area contributed by atoms with Gasteiger partial charge in [0.15, 0.2) is 0 Å². The van der Waals surface area contributed by atoms with Crippen LogP contribution in [-0.2, 0) is 0 Å². The molecular weight excluding hydrogens is 673 g/mol. The Bertz CT molecular complexity index is 2950. The number of aryl methyl sites for hydroxylation is 2. The van der Waals surface area contributed by atoms with Crippen molar-refractivity contribution in [3.63, 3.8) is 0 Å². The van der Waals surface area contributed by atoms with Crippen LogP contribution < -0.4 is 0 Å². The van der Waals surface area contributed by atoms with Gasteiger partial charge >= 0.3 is 0 Å². The molecule has 0 heterocycles. The van der Waals surface area contributed by atoms with E-state index in [1.54, 1.807) is 0 Å². The van der Waals surface area contributed by atoms with Crippen LogP contribution in [0.15, 0.2) is 206 Å². The second-order valence-corrected chi connectivity index (χ2v) is 15.0. The Balaban J connectivity index is 0.946. The van der Waals surface area contributed by atoms with Crippen molar-refractivity contribution in [1.29, 1.82) is 0 Å². The third-order valence-electron chi connectivity index (χ3n) is 11.5. The summed E-state index contributed by atoms with van der Waals surface area (Å²) in [5.74, 6) is 0. The lowest BCUT2D eigenvalue weighted by Gasteiger charge is -2.16. The van der Waals surface area contributed by atoms with Crippen molar-refractivity contribution in [2.24, 2.45) is 0 Å². The Morgan fingerprint density at radius 1 is 0.196 bits per heavy atom. The Hall–Kier alpha value is -7.02. The van der Waals surface area contributed by atoms with E-state index >= 15 is 0 Å². The zero-order chi connectivity index (χ0) is 37.6. The average Bonchev–Trinajstić information content (AvgIpc) is 3.27. The van der Waals surface area contributed by atoms with Crippen molar-refractivity contribution in [2.75, 3.05) is 0 Å². The molecule has 10 aromatic rings. The van der Waals surface area contributed by atoms with Gasteiger partial charge < -0.3 is 0 Å². The summed E-state index contributed by atoms with van der Waals surface area (Å²) in [5.41, 5.74) is 17.3. The van der Waals surface area contributed by atoms with Crippen LogP contribution in [0.5, 0.6) is 0 Å². The molecule has 0 spiro atoms. The normalized spacial score (nSPS) is 11.4. The molecule has 0 aliphatic carbocycles. The number of rotatable bonds is 6. The van der Waals surface area contributed by atoms with E-state index in [4.69, 9.17) is 0 Å². The molecule has 0 saturated heterocycles. The van der Waals surface area contributed by atoms with E-state index in [1.165, 1.54) is 110 Å². The van der Waals surface area contributed by atoms with Gasteiger partial charge in [0.25, 0.3) is 0 Å². The molecular formula is C56H40. The van der Waals surface area contributed by atoms with Gasteiger partial charge in [-0.05, 0) is 148 Å². The fraction of sp³-hybridized carbons (Fsp3) is 0.0357. The van der Waals surface area contributed by atoms with Crippen LogP contribution in [0, 0.1) is 13.8 Å². The van der Waals surface area contributed by atoms with E-state index in [0.717, 1.165) is 0 Å². The van der Waals surface area contributed by atoms with E-state index in [-0.39, 0.29) is 0 Å². The van der Waals surface area contributed by atoms with Crippen LogP contribution in [0.3, 0.4) is 0 Å². The predicted molar refractivity (Wildman–Crippen MR) is 241 cm³/mol. The first kappa shape index (κ1) is 33.5. The molecule has 0 aromatic heterocycles. The van der Waals surface area contributed by atoms with Crippen LogP contribution >= 0.6 is 0 Å². The molecule has 0 N–H and O–H groups in total. The largest absolute Gasteiger partial charge is 0.0622 e. The van der Waals surface area contributed by atoms with E-state index in [1.807, 2.05) is 0 Å². The quantitative estimate of drug-likeness (QED) is 0.151. The first-order chi connectivity index (χ1) is 27.6. The van der Waals surface area contributed by atoms with Crippen molar-refractivity contribution in [3.05, 3.63) is 217 Å². The maximum Gasteiger partial charge on any atom is -0.00928 e. The molecule has 264 valence electrons. The Morgan fingerprint density at radius 3 is 0.946 bits per heavy atom. The summed E-state index contributed by atoms with van der Waals surface area (Å²) in [7, 11) is 0. The van der Waals surface area contributed by atoms with Crippen molar-refractivity contribution in [3.8, 4) is 66.8 Å². The first-order valence-electron chi connectivity index (χ1n) is 19.5. The maximum atomic E-state index is 2.40. The van der Waals surface area contributed by atoms with Gasteiger partial charge in [-0.1, -0.05) is 182 Å². The SMILES string of the molecule is Cc1cc(-c2ccc3c4ccccc4c4ccccc4c3c2)c(C)cc1-c1ccc(-c2ccc(-c3cc(-c4ccccc4)cc(-c4ccccc4)c3)cc2)cc1.